The monoisotopic (exact) mass is 312 g/mol. The van der Waals surface area contributed by atoms with Gasteiger partial charge in [-0.1, -0.05) is 48.5 Å². The first-order valence-electron chi connectivity index (χ1n) is 7.27. The van der Waals surface area contributed by atoms with Crippen LogP contribution in [0.5, 0.6) is 0 Å². The highest BCUT2D eigenvalue weighted by Gasteiger charge is 2.01. The average molecular weight is 312 g/mol. The molecule has 3 aromatic rings. The average Bonchev–Trinajstić information content (AvgIpc) is 2.64. The lowest BCUT2D eigenvalue weighted by atomic mass is 10.00. The van der Waals surface area contributed by atoms with Gasteiger partial charge in [0.1, 0.15) is 0 Å². The minimum Gasteiger partial charge on any atom is -0.211 e. The lowest BCUT2D eigenvalue weighted by molar-refractivity contribution is 0.564. The van der Waals surface area contributed by atoms with E-state index in [0.29, 0.717) is 11.4 Å². The van der Waals surface area contributed by atoms with Crippen LogP contribution in [-0.4, -0.2) is 12.2 Å². The van der Waals surface area contributed by atoms with Crippen molar-refractivity contribution >= 4 is 23.5 Å². The lowest BCUT2D eigenvalue weighted by Crippen LogP contribution is -1.80. The number of aliphatic imine (C=N–C) groups is 2. The molecule has 0 aliphatic heterocycles. The van der Waals surface area contributed by atoms with Gasteiger partial charge in [-0.25, -0.2) is 9.59 Å². The van der Waals surface area contributed by atoms with Gasteiger partial charge in [-0.2, -0.15) is 9.98 Å². The summed E-state index contributed by atoms with van der Waals surface area (Å²) in [5.74, 6) is 0. The van der Waals surface area contributed by atoms with Crippen LogP contribution in [0.2, 0.25) is 0 Å². The van der Waals surface area contributed by atoms with Gasteiger partial charge >= 0.3 is 0 Å². The zero-order valence-corrected chi connectivity index (χ0v) is 12.6. The van der Waals surface area contributed by atoms with Gasteiger partial charge in [-0.15, -0.1) is 0 Å². The number of benzene rings is 3. The Labute approximate surface area is 138 Å². The second-order valence-corrected chi connectivity index (χ2v) is 5.08. The van der Waals surface area contributed by atoms with Gasteiger partial charge in [0.2, 0.25) is 12.2 Å². The van der Waals surface area contributed by atoms with Crippen molar-refractivity contribution in [2.45, 2.75) is 0 Å². The molecule has 3 rings (SSSR count). The molecule has 0 fully saturated rings. The molecule has 24 heavy (non-hydrogen) atoms. The number of nitrogens with zero attached hydrogens (tertiary/aromatic N) is 2. The van der Waals surface area contributed by atoms with E-state index in [0.717, 1.165) is 22.3 Å². The Kier molecular flexibility index (Phi) is 4.55. The summed E-state index contributed by atoms with van der Waals surface area (Å²) in [6.45, 7) is 0. The molecule has 0 amide bonds. The van der Waals surface area contributed by atoms with E-state index >= 15 is 0 Å². The second kappa shape index (κ2) is 7.12. The van der Waals surface area contributed by atoms with Crippen LogP contribution in [0, 0.1) is 0 Å². The summed E-state index contributed by atoms with van der Waals surface area (Å²) in [6, 6.07) is 22.9. The van der Waals surface area contributed by atoms with Gasteiger partial charge in [0.25, 0.3) is 0 Å². The quantitative estimate of drug-likeness (QED) is 0.505. The summed E-state index contributed by atoms with van der Waals surface area (Å²) in [7, 11) is 0. The fourth-order valence-electron chi connectivity index (χ4n) is 2.42. The standard InChI is InChI=1S/C20H12N2O2/c23-13-21-19-9-5-17(6-10-19)15-1-2-16(4-3-15)18-7-11-20(12-8-18)22-14-24/h1-12H. The maximum Gasteiger partial charge on any atom is 0.240 e. The highest BCUT2D eigenvalue weighted by Crippen LogP contribution is 2.27. The Hall–Kier alpha value is -3.58. The van der Waals surface area contributed by atoms with Crippen LogP contribution < -0.4 is 0 Å². The van der Waals surface area contributed by atoms with E-state index < -0.39 is 0 Å². The Morgan fingerprint density at radius 2 is 0.708 bits per heavy atom. The molecule has 0 unspecified atom stereocenters. The van der Waals surface area contributed by atoms with Gasteiger partial charge in [0.15, 0.2) is 0 Å². The van der Waals surface area contributed by atoms with Crippen molar-refractivity contribution in [1.82, 2.24) is 0 Å². The Balaban J connectivity index is 1.84. The predicted octanol–water partition coefficient (Wildman–Crippen LogP) is 4.96. The summed E-state index contributed by atoms with van der Waals surface area (Å²) in [5, 5.41) is 0. The molecule has 0 saturated heterocycles. The first kappa shape index (κ1) is 15.3. The zero-order valence-electron chi connectivity index (χ0n) is 12.6. The maximum absolute atomic E-state index is 10.2. The molecule has 114 valence electrons. The Morgan fingerprint density at radius 1 is 0.458 bits per heavy atom. The van der Waals surface area contributed by atoms with E-state index in [2.05, 4.69) is 9.98 Å². The summed E-state index contributed by atoms with van der Waals surface area (Å²) in [6.07, 6.45) is 3.06. The SMILES string of the molecule is O=C=Nc1ccc(-c2ccc(-c3ccc(N=C=O)cc3)cc2)cc1. The molecule has 0 heterocycles. The van der Waals surface area contributed by atoms with Crippen LogP contribution in [0.15, 0.2) is 82.8 Å². The maximum atomic E-state index is 10.2. The fraction of sp³-hybridized carbons (Fsp3) is 0. The molecule has 3 aromatic carbocycles. The van der Waals surface area contributed by atoms with E-state index in [9.17, 15) is 9.59 Å². The third-order valence-corrected chi connectivity index (χ3v) is 3.64. The molecular formula is C20H12N2O2. The molecule has 4 heteroatoms. The highest BCUT2D eigenvalue weighted by molar-refractivity contribution is 5.72. The Bertz CT molecular complexity index is 850. The van der Waals surface area contributed by atoms with Crippen molar-refractivity contribution in [1.29, 1.82) is 0 Å². The van der Waals surface area contributed by atoms with Gasteiger partial charge < -0.3 is 0 Å². The molecule has 0 saturated carbocycles. The highest BCUT2D eigenvalue weighted by atomic mass is 16.1. The van der Waals surface area contributed by atoms with Gasteiger partial charge in [0, 0.05) is 0 Å². The third-order valence-electron chi connectivity index (χ3n) is 3.64. The van der Waals surface area contributed by atoms with Crippen molar-refractivity contribution in [3.63, 3.8) is 0 Å². The van der Waals surface area contributed by atoms with Crippen LogP contribution in [-0.2, 0) is 9.59 Å². The molecule has 0 aromatic heterocycles. The number of hydrogen-bond acceptors (Lipinski definition) is 4. The van der Waals surface area contributed by atoms with Crippen LogP contribution in [0.3, 0.4) is 0 Å². The largest absolute Gasteiger partial charge is 0.240 e. The molecule has 0 atom stereocenters. The van der Waals surface area contributed by atoms with Crippen molar-refractivity contribution < 1.29 is 9.59 Å². The zero-order chi connectivity index (χ0) is 16.8. The smallest absolute Gasteiger partial charge is 0.211 e. The topological polar surface area (TPSA) is 58.9 Å². The van der Waals surface area contributed by atoms with Gasteiger partial charge in [0.05, 0.1) is 11.4 Å². The minimum absolute atomic E-state index is 0.587. The van der Waals surface area contributed by atoms with E-state index in [1.807, 2.05) is 48.5 Å². The normalized spacial score (nSPS) is 9.67. The van der Waals surface area contributed by atoms with Crippen LogP contribution in [0.1, 0.15) is 0 Å². The van der Waals surface area contributed by atoms with Gasteiger partial charge in [-0.05, 0) is 46.5 Å². The molecule has 0 spiro atoms. The molecule has 0 radical (unpaired) electrons. The molecule has 4 nitrogen and oxygen atoms in total. The van der Waals surface area contributed by atoms with Crippen LogP contribution in [0.25, 0.3) is 22.3 Å². The molecule has 0 aliphatic carbocycles. The van der Waals surface area contributed by atoms with E-state index in [-0.39, 0.29) is 0 Å². The molecule has 0 bridgehead atoms. The summed E-state index contributed by atoms with van der Waals surface area (Å²) in [5.41, 5.74) is 5.40. The minimum atomic E-state index is 0.587. The van der Waals surface area contributed by atoms with Crippen molar-refractivity contribution in [2.24, 2.45) is 9.98 Å². The number of rotatable bonds is 4. The fourth-order valence-corrected chi connectivity index (χ4v) is 2.42. The first-order valence-corrected chi connectivity index (χ1v) is 7.27. The number of carbonyl (C=O) groups excluding carboxylic acids is 2. The molecular weight excluding hydrogens is 300 g/mol. The lowest BCUT2D eigenvalue weighted by Gasteiger charge is -2.05. The predicted molar refractivity (Wildman–Crippen MR) is 92.9 cm³/mol. The molecule has 0 aliphatic rings. The van der Waals surface area contributed by atoms with Crippen molar-refractivity contribution in [3.8, 4) is 22.3 Å². The summed E-state index contributed by atoms with van der Waals surface area (Å²) in [4.78, 5) is 27.6. The Morgan fingerprint density at radius 3 is 0.958 bits per heavy atom. The van der Waals surface area contributed by atoms with Gasteiger partial charge in [-0.3, -0.25) is 0 Å². The second-order valence-electron chi connectivity index (χ2n) is 5.08. The van der Waals surface area contributed by atoms with E-state index in [1.54, 1.807) is 24.3 Å². The molecule has 0 N–H and O–H groups in total. The van der Waals surface area contributed by atoms with Crippen molar-refractivity contribution in [2.75, 3.05) is 0 Å². The van der Waals surface area contributed by atoms with E-state index in [4.69, 9.17) is 0 Å². The summed E-state index contributed by atoms with van der Waals surface area (Å²) < 4.78 is 0. The van der Waals surface area contributed by atoms with E-state index in [1.165, 1.54) is 12.2 Å². The first-order chi connectivity index (χ1) is 11.8. The number of hydrogen-bond donors (Lipinski definition) is 0. The number of isocyanates is 2. The third kappa shape index (κ3) is 3.42. The van der Waals surface area contributed by atoms with Crippen molar-refractivity contribution in [3.05, 3.63) is 72.8 Å². The summed E-state index contributed by atoms with van der Waals surface area (Å²) >= 11 is 0. The van der Waals surface area contributed by atoms with Crippen LogP contribution in [0.4, 0.5) is 11.4 Å². The van der Waals surface area contributed by atoms with Crippen LogP contribution >= 0.6 is 0 Å².